The Hall–Kier alpha value is -1.49. The fourth-order valence-electron chi connectivity index (χ4n) is 3.91. The van der Waals surface area contributed by atoms with E-state index in [1.165, 1.54) is 0 Å². The largest absolute Gasteiger partial charge is 0.368 e. The molecular formula is C19H31N3O2. The molecule has 5 nitrogen and oxygen atoms in total. The van der Waals surface area contributed by atoms with Crippen molar-refractivity contribution in [3.8, 4) is 0 Å². The molecule has 0 saturated carbocycles. The van der Waals surface area contributed by atoms with Crippen molar-refractivity contribution in [2.24, 2.45) is 16.7 Å². The Kier molecular flexibility index (Phi) is 4.19. The van der Waals surface area contributed by atoms with Crippen LogP contribution < -0.4 is 10.6 Å². The number of nitrogens with zero attached hydrogens (tertiary/aromatic N) is 1. The summed E-state index contributed by atoms with van der Waals surface area (Å²) in [5.41, 5.74) is 1.43. The van der Waals surface area contributed by atoms with Gasteiger partial charge in [-0.15, -0.1) is 0 Å². The molecular weight excluding hydrogens is 302 g/mol. The Labute approximate surface area is 145 Å². The first-order valence-corrected chi connectivity index (χ1v) is 8.93. The van der Waals surface area contributed by atoms with Crippen LogP contribution >= 0.6 is 0 Å². The maximum absolute atomic E-state index is 12.5. The summed E-state index contributed by atoms with van der Waals surface area (Å²) in [5, 5.41) is 6.11. The van der Waals surface area contributed by atoms with Gasteiger partial charge in [0.1, 0.15) is 12.4 Å². The van der Waals surface area contributed by atoms with Gasteiger partial charge in [0.15, 0.2) is 0 Å². The molecule has 0 radical (unpaired) electrons. The van der Waals surface area contributed by atoms with Crippen molar-refractivity contribution in [2.45, 2.75) is 72.9 Å². The first kappa shape index (κ1) is 17.3. The lowest BCUT2D eigenvalue weighted by Gasteiger charge is -2.34. The van der Waals surface area contributed by atoms with E-state index >= 15 is 0 Å². The zero-order valence-electron chi connectivity index (χ0n) is 15.7. The highest BCUT2D eigenvalue weighted by Crippen LogP contribution is 2.44. The number of carbonyl (C=O) groups excluding carboxylic acids is 1. The average molecular weight is 333 g/mol. The van der Waals surface area contributed by atoms with Gasteiger partial charge in [-0.1, -0.05) is 41.5 Å². The minimum Gasteiger partial charge on any atom is -0.368 e. The van der Waals surface area contributed by atoms with Crippen LogP contribution in [0, 0.1) is 16.7 Å². The molecule has 0 aliphatic carbocycles. The third-order valence-electron chi connectivity index (χ3n) is 5.13. The van der Waals surface area contributed by atoms with E-state index < -0.39 is 0 Å². The van der Waals surface area contributed by atoms with Crippen molar-refractivity contribution in [3.05, 3.63) is 24.0 Å². The summed E-state index contributed by atoms with van der Waals surface area (Å²) >= 11 is 0. The summed E-state index contributed by atoms with van der Waals surface area (Å²) < 4.78 is 6.41. The van der Waals surface area contributed by atoms with Gasteiger partial charge in [0, 0.05) is 11.8 Å². The second-order valence-electron chi connectivity index (χ2n) is 9.52. The predicted molar refractivity (Wildman–Crippen MR) is 94.8 cm³/mol. The summed E-state index contributed by atoms with van der Waals surface area (Å²) in [4.78, 5) is 14.2. The number of hydrogen-bond acceptors (Lipinski definition) is 3. The normalized spacial score (nSPS) is 33.2. The third-order valence-corrected chi connectivity index (χ3v) is 5.13. The van der Waals surface area contributed by atoms with Gasteiger partial charge in [-0.2, -0.15) is 0 Å². The number of urea groups is 1. The molecule has 0 aromatic rings. The molecule has 0 bridgehead atoms. The molecule has 4 atom stereocenters. The van der Waals surface area contributed by atoms with E-state index in [4.69, 9.17) is 4.74 Å². The molecule has 0 aromatic heterocycles. The Morgan fingerprint density at radius 3 is 2.58 bits per heavy atom. The maximum Gasteiger partial charge on any atom is 0.325 e. The van der Waals surface area contributed by atoms with Gasteiger partial charge >= 0.3 is 6.03 Å². The van der Waals surface area contributed by atoms with Crippen LogP contribution in [0.4, 0.5) is 4.79 Å². The van der Waals surface area contributed by atoms with Crippen LogP contribution in [0.15, 0.2) is 24.0 Å². The van der Waals surface area contributed by atoms with Gasteiger partial charge < -0.3 is 15.4 Å². The van der Waals surface area contributed by atoms with E-state index in [0.717, 1.165) is 18.4 Å². The van der Waals surface area contributed by atoms with Gasteiger partial charge in [-0.05, 0) is 41.9 Å². The van der Waals surface area contributed by atoms with Gasteiger partial charge in [0.05, 0.1) is 6.10 Å². The zero-order chi connectivity index (χ0) is 17.7. The van der Waals surface area contributed by atoms with Crippen LogP contribution in [0.2, 0.25) is 0 Å². The molecule has 3 rings (SSSR count). The molecule has 24 heavy (non-hydrogen) atoms. The second-order valence-corrected chi connectivity index (χ2v) is 9.52. The number of fused-ring (bicyclic) bond motifs is 1. The molecule has 2 amide bonds. The van der Waals surface area contributed by atoms with Gasteiger partial charge in [0.25, 0.3) is 0 Å². The van der Waals surface area contributed by atoms with Crippen LogP contribution in [-0.2, 0) is 4.74 Å². The highest BCUT2D eigenvalue weighted by Gasteiger charge is 2.46. The topological polar surface area (TPSA) is 53.6 Å². The molecule has 3 heterocycles. The van der Waals surface area contributed by atoms with E-state index in [9.17, 15) is 4.79 Å². The quantitative estimate of drug-likeness (QED) is 0.812. The third kappa shape index (κ3) is 3.46. The van der Waals surface area contributed by atoms with Gasteiger partial charge in [-0.3, -0.25) is 4.90 Å². The number of carbonyl (C=O) groups is 1. The predicted octanol–water partition coefficient (Wildman–Crippen LogP) is 3.55. The molecule has 5 heteroatoms. The minimum atomic E-state index is -0.191. The van der Waals surface area contributed by atoms with Gasteiger partial charge in [0.2, 0.25) is 0 Å². The van der Waals surface area contributed by atoms with Crippen molar-refractivity contribution < 1.29 is 9.53 Å². The van der Waals surface area contributed by atoms with Crippen LogP contribution in [0.1, 0.15) is 54.4 Å². The molecule has 3 aliphatic heterocycles. The van der Waals surface area contributed by atoms with Crippen molar-refractivity contribution in [2.75, 3.05) is 0 Å². The average Bonchev–Trinajstić information content (AvgIpc) is 3.01. The summed E-state index contributed by atoms with van der Waals surface area (Å²) in [5.74, 6) is 0.433. The molecule has 0 aromatic carbocycles. The zero-order valence-corrected chi connectivity index (χ0v) is 15.7. The van der Waals surface area contributed by atoms with E-state index in [-0.39, 0.29) is 35.4 Å². The molecule has 2 N–H and O–H groups in total. The lowest BCUT2D eigenvalue weighted by Crippen LogP contribution is -2.53. The lowest BCUT2D eigenvalue weighted by molar-refractivity contribution is -0.0446. The highest BCUT2D eigenvalue weighted by molar-refractivity contribution is 5.78. The Morgan fingerprint density at radius 1 is 1.25 bits per heavy atom. The van der Waals surface area contributed by atoms with Crippen molar-refractivity contribution in [3.63, 3.8) is 0 Å². The fraction of sp³-hybridized carbons (Fsp3) is 0.737. The monoisotopic (exact) mass is 333 g/mol. The Morgan fingerprint density at radius 2 is 1.96 bits per heavy atom. The van der Waals surface area contributed by atoms with E-state index in [2.05, 4.69) is 52.2 Å². The molecule has 1 fully saturated rings. The molecule has 134 valence electrons. The standard InChI is InChI=1S/C19H31N3O2/c1-18(2,3)10-14-13(19(4,5)6)9-15(24-14)22-11-12-7-8-20-16(12)21-17(22)23/h7-8,11,13-16,20H,9-10H2,1-6H3,(H,21,23)/t13-,14?,15-,16?/m1/s1. The number of ether oxygens (including phenoxy) is 1. The summed E-state index contributed by atoms with van der Waals surface area (Å²) in [6.45, 7) is 13.6. The van der Waals surface area contributed by atoms with Crippen molar-refractivity contribution in [1.82, 2.24) is 15.5 Å². The van der Waals surface area contributed by atoms with Crippen LogP contribution in [-0.4, -0.2) is 29.4 Å². The molecule has 1 saturated heterocycles. The van der Waals surface area contributed by atoms with Gasteiger partial charge in [-0.25, -0.2) is 4.79 Å². The highest BCUT2D eigenvalue weighted by atomic mass is 16.5. The minimum absolute atomic E-state index is 0.0889. The Bertz CT molecular complexity index is 568. The van der Waals surface area contributed by atoms with E-state index in [1.54, 1.807) is 4.90 Å². The lowest BCUT2D eigenvalue weighted by atomic mass is 9.73. The van der Waals surface area contributed by atoms with Crippen LogP contribution in [0.5, 0.6) is 0 Å². The van der Waals surface area contributed by atoms with Crippen molar-refractivity contribution in [1.29, 1.82) is 0 Å². The number of hydrogen-bond donors (Lipinski definition) is 2. The fourth-order valence-corrected chi connectivity index (χ4v) is 3.91. The summed E-state index contributed by atoms with van der Waals surface area (Å²) in [7, 11) is 0. The second kappa shape index (κ2) is 5.80. The summed E-state index contributed by atoms with van der Waals surface area (Å²) in [6.07, 6.45) is 7.57. The summed E-state index contributed by atoms with van der Waals surface area (Å²) in [6, 6.07) is -0.0889. The first-order valence-electron chi connectivity index (χ1n) is 8.93. The van der Waals surface area contributed by atoms with Crippen LogP contribution in [0.25, 0.3) is 0 Å². The van der Waals surface area contributed by atoms with Crippen LogP contribution in [0.3, 0.4) is 0 Å². The number of amides is 2. The van der Waals surface area contributed by atoms with Crippen molar-refractivity contribution >= 4 is 6.03 Å². The first-order chi connectivity index (χ1) is 11.0. The number of nitrogens with one attached hydrogen (secondary N) is 2. The number of rotatable bonds is 2. The Balaban J connectivity index is 1.81. The molecule has 3 aliphatic rings. The van der Waals surface area contributed by atoms with E-state index in [1.807, 2.05) is 18.5 Å². The molecule has 2 unspecified atom stereocenters. The maximum atomic E-state index is 12.5. The smallest absolute Gasteiger partial charge is 0.325 e. The SMILES string of the molecule is CC(C)(C)CC1O[C@@H](N2C=C3C=CNC3NC2=O)C[C@H]1C(C)(C)C. The van der Waals surface area contributed by atoms with E-state index in [0.29, 0.717) is 5.92 Å². The molecule has 0 spiro atoms.